The van der Waals surface area contributed by atoms with Gasteiger partial charge in [0.15, 0.2) is 0 Å². The number of carbonyl (C=O) groups excluding carboxylic acids is 1. The third-order valence-corrected chi connectivity index (χ3v) is 3.76. The molecule has 0 spiro atoms. The van der Waals surface area contributed by atoms with Gasteiger partial charge in [-0.3, -0.25) is 4.79 Å². The summed E-state index contributed by atoms with van der Waals surface area (Å²) in [6.07, 6.45) is 5.94. The van der Waals surface area contributed by atoms with Crippen molar-refractivity contribution < 1.29 is 4.79 Å². The molecule has 3 nitrogen and oxygen atoms in total. The highest BCUT2D eigenvalue weighted by atomic mass is 16.1. The van der Waals surface area contributed by atoms with Crippen LogP contribution in [0.25, 0.3) is 0 Å². The third kappa shape index (κ3) is 3.78. The zero-order valence-electron chi connectivity index (χ0n) is 11.1. The van der Waals surface area contributed by atoms with Crippen molar-refractivity contribution in [1.29, 1.82) is 0 Å². The highest BCUT2D eigenvalue weighted by Gasteiger charge is 2.32. The minimum absolute atomic E-state index is 0.113. The summed E-state index contributed by atoms with van der Waals surface area (Å²) in [5, 5.41) is 6.27. The quantitative estimate of drug-likeness (QED) is 0.753. The van der Waals surface area contributed by atoms with Crippen LogP contribution in [0.5, 0.6) is 0 Å². The third-order valence-electron chi connectivity index (χ3n) is 3.76. The van der Waals surface area contributed by atoms with Gasteiger partial charge in [0.25, 0.3) is 0 Å². The fourth-order valence-electron chi connectivity index (χ4n) is 2.83. The van der Waals surface area contributed by atoms with Crippen molar-refractivity contribution in [3.8, 4) is 0 Å². The first-order valence-corrected chi connectivity index (χ1v) is 6.44. The maximum Gasteiger partial charge on any atom is 0.221 e. The largest absolute Gasteiger partial charge is 0.359 e. The second-order valence-electron chi connectivity index (χ2n) is 5.63. The Bertz CT molecular complexity index is 232. The lowest BCUT2D eigenvalue weighted by atomic mass is 9.85. The van der Waals surface area contributed by atoms with Gasteiger partial charge < -0.3 is 10.6 Å². The highest BCUT2D eigenvalue weighted by Crippen LogP contribution is 2.34. The molecule has 0 radical (unpaired) electrons. The standard InChI is InChI=1S/C13H26N2O/c1-10(9-12(16)14-4)15-13(2,3)11-7-5-6-8-11/h10-11,15H,5-9H2,1-4H3,(H,14,16). The van der Waals surface area contributed by atoms with Crippen molar-refractivity contribution in [2.45, 2.75) is 64.5 Å². The Morgan fingerprint density at radius 3 is 2.44 bits per heavy atom. The molecule has 1 atom stereocenters. The molecule has 0 aromatic carbocycles. The molecule has 1 aliphatic carbocycles. The van der Waals surface area contributed by atoms with Crippen LogP contribution in [0.3, 0.4) is 0 Å². The average Bonchev–Trinajstić information content (AvgIpc) is 2.69. The summed E-state index contributed by atoms with van der Waals surface area (Å²) in [4.78, 5) is 11.3. The zero-order chi connectivity index (χ0) is 12.2. The summed E-state index contributed by atoms with van der Waals surface area (Å²) in [5.41, 5.74) is 0.157. The fraction of sp³-hybridized carbons (Fsp3) is 0.923. The van der Waals surface area contributed by atoms with Crippen molar-refractivity contribution in [2.24, 2.45) is 5.92 Å². The number of rotatable bonds is 5. The molecule has 0 saturated heterocycles. The van der Waals surface area contributed by atoms with Crippen LogP contribution < -0.4 is 10.6 Å². The number of carbonyl (C=O) groups is 1. The molecule has 1 rings (SSSR count). The summed E-state index contributed by atoms with van der Waals surface area (Å²) < 4.78 is 0. The topological polar surface area (TPSA) is 41.1 Å². The average molecular weight is 226 g/mol. The van der Waals surface area contributed by atoms with Crippen molar-refractivity contribution in [2.75, 3.05) is 7.05 Å². The Labute approximate surface area is 99.4 Å². The monoisotopic (exact) mass is 226 g/mol. The van der Waals surface area contributed by atoms with E-state index in [9.17, 15) is 4.79 Å². The maximum atomic E-state index is 11.3. The molecule has 94 valence electrons. The van der Waals surface area contributed by atoms with Gasteiger partial charge in [-0.05, 0) is 39.5 Å². The SMILES string of the molecule is CNC(=O)CC(C)NC(C)(C)C1CCCC1. The minimum atomic E-state index is 0.113. The lowest BCUT2D eigenvalue weighted by Crippen LogP contribution is -2.50. The van der Waals surface area contributed by atoms with Gasteiger partial charge in [0, 0.05) is 25.0 Å². The van der Waals surface area contributed by atoms with Crippen molar-refractivity contribution in [3.05, 3.63) is 0 Å². The van der Waals surface area contributed by atoms with Crippen molar-refractivity contribution >= 4 is 5.91 Å². The van der Waals surface area contributed by atoms with Gasteiger partial charge in [0.05, 0.1) is 0 Å². The number of nitrogens with one attached hydrogen (secondary N) is 2. The van der Waals surface area contributed by atoms with Gasteiger partial charge in [0.2, 0.25) is 5.91 Å². The van der Waals surface area contributed by atoms with E-state index in [-0.39, 0.29) is 17.5 Å². The molecular formula is C13H26N2O. The molecule has 0 heterocycles. The predicted octanol–water partition coefficient (Wildman–Crippen LogP) is 2.07. The summed E-state index contributed by atoms with van der Waals surface area (Å²) in [5.74, 6) is 0.877. The van der Waals surface area contributed by atoms with E-state index in [0.717, 1.165) is 5.92 Å². The Morgan fingerprint density at radius 1 is 1.38 bits per heavy atom. The van der Waals surface area contributed by atoms with E-state index in [2.05, 4.69) is 31.4 Å². The van der Waals surface area contributed by atoms with E-state index in [0.29, 0.717) is 6.42 Å². The molecule has 1 fully saturated rings. The van der Waals surface area contributed by atoms with Gasteiger partial charge in [-0.2, -0.15) is 0 Å². The first-order valence-electron chi connectivity index (χ1n) is 6.44. The van der Waals surface area contributed by atoms with Gasteiger partial charge in [-0.15, -0.1) is 0 Å². The molecule has 16 heavy (non-hydrogen) atoms. The van der Waals surface area contributed by atoms with Crippen LogP contribution in [-0.2, 0) is 4.79 Å². The van der Waals surface area contributed by atoms with Crippen LogP contribution in [0.2, 0.25) is 0 Å². The smallest absolute Gasteiger partial charge is 0.221 e. The lowest BCUT2D eigenvalue weighted by Gasteiger charge is -2.35. The van der Waals surface area contributed by atoms with Gasteiger partial charge in [-0.1, -0.05) is 12.8 Å². The minimum Gasteiger partial charge on any atom is -0.359 e. The number of amides is 1. The summed E-state index contributed by atoms with van der Waals surface area (Å²) >= 11 is 0. The lowest BCUT2D eigenvalue weighted by molar-refractivity contribution is -0.121. The highest BCUT2D eigenvalue weighted by molar-refractivity contribution is 5.76. The van der Waals surface area contributed by atoms with E-state index in [1.54, 1.807) is 7.05 Å². The van der Waals surface area contributed by atoms with Gasteiger partial charge in [-0.25, -0.2) is 0 Å². The zero-order valence-corrected chi connectivity index (χ0v) is 11.1. The fourth-order valence-corrected chi connectivity index (χ4v) is 2.83. The molecule has 1 saturated carbocycles. The van der Waals surface area contributed by atoms with Gasteiger partial charge >= 0.3 is 0 Å². The Morgan fingerprint density at radius 2 is 1.94 bits per heavy atom. The van der Waals surface area contributed by atoms with Crippen LogP contribution in [0, 0.1) is 5.92 Å². The first-order chi connectivity index (χ1) is 7.45. The second-order valence-corrected chi connectivity index (χ2v) is 5.63. The molecular weight excluding hydrogens is 200 g/mol. The van der Waals surface area contributed by atoms with Crippen LogP contribution in [-0.4, -0.2) is 24.5 Å². The van der Waals surface area contributed by atoms with Gasteiger partial charge in [0.1, 0.15) is 0 Å². The Hall–Kier alpha value is -0.570. The Balaban J connectivity index is 2.41. The second kappa shape index (κ2) is 5.67. The van der Waals surface area contributed by atoms with Crippen molar-refractivity contribution in [1.82, 2.24) is 10.6 Å². The Kier molecular flexibility index (Phi) is 4.78. The van der Waals surface area contributed by atoms with Crippen LogP contribution in [0.15, 0.2) is 0 Å². The first kappa shape index (κ1) is 13.5. The molecule has 0 aliphatic heterocycles. The summed E-state index contributed by atoms with van der Waals surface area (Å²) in [6, 6.07) is 0.246. The number of hydrogen-bond acceptors (Lipinski definition) is 2. The van der Waals surface area contributed by atoms with E-state index >= 15 is 0 Å². The van der Waals surface area contributed by atoms with E-state index in [1.807, 2.05) is 0 Å². The van der Waals surface area contributed by atoms with Crippen molar-refractivity contribution in [3.63, 3.8) is 0 Å². The molecule has 1 unspecified atom stereocenters. The van der Waals surface area contributed by atoms with Crippen LogP contribution >= 0.6 is 0 Å². The molecule has 2 N–H and O–H groups in total. The summed E-state index contributed by atoms with van der Waals surface area (Å²) in [7, 11) is 1.69. The van der Waals surface area contributed by atoms with E-state index < -0.39 is 0 Å². The van der Waals surface area contributed by atoms with E-state index in [4.69, 9.17) is 0 Å². The summed E-state index contributed by atoms with van der Waals surface area (Å²) in [6.45, 7) is 6.62. The van der Waals surface area contributed by atoms with E-state index in [1.165, 1.54) is 25.7 Å². The number of hydrogen-bond donors (Lipinski definition) is 2. The molecule has 0 bridgehead atoms. The molecule has 1 aliphatic rings. The molecule has 0 aromatic rings. The molecule has 3 heteroatoms. The maximum absolute atomic E-state index is 11.3. The molecule has 0 aromatic heterocycles. The molecule has 1 amide bonds. The normalized spacial score (nSPS) is 19.8. The van der Waals surface area contributed by atoms with Crippen LogP contribution in [0.4, 0.5) is 0 Å². The predicted molar refractivity (Wildman–Crippen MR) is 67.3 cm³/mol. The van der Waals surface area contributed by atoms with Crippen LogP contribution in [0.1, 0.15) is 52.9 Å².